The molecule has 2 aromatic rings. The maximum absolute atomic E-state index is 12.9. The van der Waals surface area contributed by atoms with Crippen LogP contribution in [0.4, 0.5) is 5.69 Å². The van der Waals surface area contributed by atoms with Crippen LogP contribution in [0.5, 0.6) is 11.8 Å². The number of aromatic hydroxyl groups is 2. The fourth-order valence-electron chi connectivity index (χ4n) is 7.25. The van der Waals surface area contributed by atoms with E-state index in [1.165, 1.54) is 18.2 Å². The zero-order valence-corrected chi connectivity index (χ0v) is 36.3. The van der Waals surface area contributed by atoms with Crippen LogP contribution in [0.25, 0.3) is 17.4 Å². The summed E-state index contributed by atoms with van der Waals surface area (Å²) in [4.78, 5) is 19.5. The van der Waals surface area contributed by atoms with E-state index in [0.29, 0.717) is 53.7 Å². The van der Waals surface area contributed by atoms with Crippen molar-refractivity contribution in [3.63, 3.8) is 0 Å². The molecule has 1 aromatic heterocycles. The quantitative estimate of drug-likeness (QED) is 0.0766. The Morgan fingerprint density at radius 2 is 1.58 bits per heavy atom. The lowest BCUT2D eigenvalue weighted by molar-refractivity contribution is -0.145. The predicted octanol–water partition coefficient (Wildman–Crippen LogP) is 4.98. The van der Waals surface area contributed by atoms with Crippen molar-refractivity contribution in [2.75, 3.05) is 57.7 Å². The van der Waals surface area contributed by atoms with Gasteiger partial charge in [-0.2, -0.15) is 16.8 Å². The first kappa shape index (κ1) is 46.1. The highest BCUT2D eigenvalue weighted by Crippen LogP contribution is 2.51. The number of ether oxygens (including phenoxy) is 2. The first-order valence-electron chi connectivity index (χ1n) is 19.3. The van der Waals surface area contributed by atoms with Crippen LogP contribution in [0.3, 0.4) is 0 Å². The topological polar surface area (TPSA) is 218 Å². The highest BCUT2D eigenvalue weighted by atomic mass is 32.2. The molecule has 1 aliphatic carbocycles. The van der Waals surface area contributed by atoms with E-state index < -0.39 is 49.1 Å². The summed E-state index contributed by atoms with van der Waals surface area (Å²) in [5.41, 5.74) is 1.95. The molecule has 0 saturated carbocycles. The van der Waals surface area contributed by atoms with Crippen molar-refractivity contribution in [2.45, 2.75) is 69.1 Å². The molecule has 4 N–H and O–H groups in total. The summed E-state index contributed by atoms with van der Waals surface area (Å²) in [7, 11) is -5.65. The van der Waals surface area contributed by atoms with Gasteiger partial charge in [0.2, 0.25) is 17.1 Å². The normalized spacial score (nSPS) is 16.6. The maximum Gasteiger partial charge on any atom is 0.333 e. The van der Waals surface area contributed by atoms with Crippen molar-refractivity contribution >= 4 is 38.0 Å². The van der Waals surface area contributed by atoms with Crippen molar-refractivity contribution in [3.8, 4) is 23.1 Å². The number of carbonyl (C=O) groups excluding carboxylic acids is 1. The zero-order valence-electron chi connectivity index (χ0n) is 34.6. The first-order chi connectivity index (χ1) is 28.2. The number of methoxy groups -OCH3 is 2. The molecule has 0 radical (unpaired) electrons. The Morgan fingerprint density at radius 3 is 2.18 bits per heavy atom. The highest BCUT2D eigenvalue weighted by molar-refractivity contribution is 7.86. The molecule has 16 nitrogen and oxygen atoms in total. The second-order valence-electron chi connectivity index (χ2n) is 15.8. The third kappa shape index (κ3) is 11.0. The van der Waals surface area contributed by atoms with E-state index in [0.717, 1.165) is 34.4 Å². The minimum Gasteiger partial charge on any atom is -0.492 e. The minimum atomic E-state index is -4.64. The summed E-state index contributed by atoms with van der Waals surface area (Å²) in [5, 5.41) is 20.8. The predicted molar refractivity (Wildman–Crippen MR) is 225 cm³/mol. The van der Waals surface area contributed by atoms with Gasteiger partial charge in [-0.15, -0.1) is 4.73 Å². The summed E-state index contributed by atoms with van der Waals surface area (Å²) in [6, 6.07) is 14.4. The SMILES string of the molecule is COCC[N+](CCOC)=c1ccc2c(C=CC=C3N(CCCS(=O)(=O)O)c4ccc(S(=O)(=O)O)cc4C3(C)CCCC(=O)On3c(O)ccc3O)cc(C(C)(C)C)oc-2c1. The number of allylic oxidation sites excluding steroid dienone is 3. The Balaban J connectivity index is 1.62. The number of nitrogens with zero attached hydrogens (tertiary/aromatic N) is 3. The van der Waals surface area contributed by atoms with Crippen molar-refractivity contribution in [3.05, 3.63) is 94.7 Å². The lowest BCUT2D eigenvalue weighted by atomic mass is 9.77. The van der Waals surface area contributed by atoms with Crippen molar-refractivity contribution in [1.82, 2.24) is 9.31 Å². The summed E-state index contributed by atoms with van der Waals surface area (Å²) in [6.45, 7) is 10.4. The van der Waals surface area contributed by atoms with Crippen LogP contribution in [0.2, 0.25) is 0 Å². The van der Waals surface area contributed by atoms with Gasteiger partial charge in [0.05, 0.1) is 16.7 Å². The van der Waals surface area contributed by atoms with E-state index in [2.05, 4.69) is 4.58 Å². The summed E-state index contributed by atoms with van der Waals surface area (Å²) in [6.07, 6.45) is 5.86. The molecule has 1 atom stereocenters. The van der Waals surface area contributed by atoms with Gasteiger partial charge in [0.1, 0.15) is 24.7 Å². The average molecular weight is 873 g/mol. The average Bonchev–Trinajstić information content (AvgIpc) is 3.60. The summed E-state index contributed by atoms with van der Waals surface area (Å²) >= 11 is 0. The third-order valence-electron chi connectivity index (χ3n) is 10.4. The van der Waals surface area contributed by atoms with Gasteiger partial charge < -0.3 is 33.8 Å². The molecule has 0 fully saturated rings. The molecule has 18 heteroatoms. The Hall–Kier alpha value is -4.98. The van der Waals surface area contributed by atoms with Crippen LogP contribution in [-0.2, 0) is 45.3 Å². The highest BCUT2D eigenvalue weighted by Gasteiger charge is 2.44. The minimum absolute atomic E-state index is 0.0134. The van der Waals surface area contributed by atoms with Crippen molar-refractivity contribution in [2.24, 2.45) is 0 Å². The smallest absolute Gasteiger partial charge is 0.333 e. The first-order valence-corrected chi connectivity index (χ1v) is 22.4. The van der Waals surface area contributed by atoms with E-state index >= 15 is 0 Å². The van der Waals surface area contributed by atoms with E-state index in [9.17, 15) is 40.9 Å². The molecule has 0 bridgehead atoms. The van der Waals surface area contributed by atoms with Gasteiger partial charge in [0, 0.05) is 73.2 Å². The Labute approximate surface area is 350 Å². The third-order valence-corrected chi connectivity index (χ3v) is 12.0. The molecule has 3 aliphatic rings. The number of hydrogen-bond donors (Lipinski definition) is 4. The molecule has 60 heavy (non-hydrogen) atoms. The number of fused-ring (bicyclic) bond motifs is 2. The molecule has 0 spiro atoms. The fraction of sp³-hybridized carbons (Fsp3) is 0.429. The van der Waals surface area contributed by atoms with Gasteiger partial charge in [-0.05, 0) is 73.7 Å². The number of anilines is 1. The zero-order chi connectivity index (χ0) is 44.0. The van der Waals surface area contributed by atoms with Gasteiger partial charge in [-0.1, -0.05) is 32.9 Å². The molecular formula is C42H54N3O13S2+. The largest absolute Gasteiger partial charge is 0.492 e. The fourth-order valence-corrected chi connectivity index (χ4v) is 8.25. The molecule has 326 valence electrons. The summed E-state index contributed by atoms with van der Waals surface area (Å²) < 4.78 is 87.9. The summed E-state index contributed by atoms with van der Waals surface area (Å²) in [5.74, 6) is -0.861. The number of benzene rings is 2. The van der Waals surface area contributed by atoms with Gasteiger partial charge in [-0.3, -0.25) is 9.11 Å². The number of rotatable bonds is 18. The van der Waals surface area contributed by atoms with Gasteiger partial charge in [-0.25, -0.2) is 9.37 Å². The van der Waals surface area contributed by atoms with E-state index in [1.807, 2.05) is 75.1 Å². The molecule has 3 heterocycles. The molecule has 0 amide bonds. The molecule has 5 rings (SSSR count). The van der Waals surface area contributed by atoms with Crippen LogP contribution in [0.15, 0.2) is 81.8 Å². The lowest BCUT2D eigenvalue weighted by Gasteiger charge is -2.30. The second kappa shape index (κ2) is 18.7. The Bertz CT molecular complexity index is 2490. The molecule has 1 unspecified atom stereocenters. The Morgan fingerprint density at radius 1 is 0.917 bits per heavy atom. The van der Waals surface area contributed by atoms with E-state index in [1.54, 1.807) is 14.2 Å². The monoisotopic (exact) mass is 872 g/mol. The number of hydrogen-bond acceptors (Lipinski definition) is 12. The van der Waals surface area contributed by atoms with Crippen molar-refractivity contribution in [1.29, 1.82) is 0 Å². The van der Waals surface area contributed by atoms with Crippen molar-refractivity contribution < 1.29 is 59.7 Å². The standard InChI is InChI=1S/C42H53N3O13S2/c1-41(2,3)37-26-29(32-15-13-30(27-35(32)57-37)43(21-23-55-5)22-24-56-6)10-7-11-36-42(4,19-8-12-40(48)58-45-38(46)17-18-39(45)47)33-28-31(60(52,53)54)14-16-34(33)44(36)20-9-25-59(49,50)51/h7,10-11,13-18,26-28H,8-9,12,19-25H2,1-6H3,(H3-,46,47,49,50,51,52,53,54)/p+1. The number of aromatic nitrogens is 1. The van der Waals surface area contributed by atoms with Gasteiger partial charge >= 0.3 is 5.97 Å². The van der Waals surface area contributed by atoms with Crippen LogP contribution in [0, 0.1) is 0 Å². The van der Waals surface area contributed by atoms with E-state index in [4.69, 9.17) is 18.7 Å². The van der Waals surface area contributed by atoms with Crippen LogP contribution >= 0.6 is 0 Å². The molecular weight excluding hydrogens is 819 g/mol. The second-order valence-corrected chi connectivity index (χ2v) is 18.8. The van der Waals surface area contributed by atoms with Crippen LogP contribution < -0.4 is 19.7 Å². The van der Waals surface area contributed by atoms with E-state index in [-0.39, 0.29) is 42.5 Å². The molecule has 1 aromatic carbocycles. The lowest BCUT2D eigenvalue weighted by Crippen LogP contribution is -2.35. The van der Waals surface area contributed by atoms with Crippen LogP contribution in [0.1, 0.15) is 70.3 Å². The van der Waals surface area contributed by atoms with Crippen LogP contribution in [-0.4, -0.2) is 99.7 Å². The maximum atomic E-state index is 12.9. The molecule has 0 saturated heterocycles. The number of carbonyl (C=O) groups is 1. The molecule has 2 aliphatic heterocycles. The Kier molecular flexibility index (Phi) is 14.4. The van der Waals surface area contributed by atoms with Gasteiger partial charge in [0.25, 0.3) is 20.2 Å². The van der Waals surface area contributed by atoms with Gasteiger partial charge in [0.15, 0.2) is 13.1 Å².